The number of hydrogen-bond acceptors (Lipinski definition) is 9. The van der Waals surface area contributed by atoms with Gasteiger partial charge in [-0.05, 0) is 76.7 Å². The van der Waals surface area contributed by atoms with E-state index in [2.05, 4.69) is 5.32 Å². The first-order valence-corrected chi connectivity index (χ1v) is 13.2. The van der Waals surface area contributed by atoms with Crippen LogP contribution in [0.2, 0.25) is 0 Å². The first-order chi connectivity index (χ1) is 18.4. The second-order valence-corrected chi connectivity index (χ2v) is 12.3. The maximum Gasteiger partial charge on any atom is 0.255 e. The van der Waals surface area contributed by atoms with Gasteiger partial charge in [0.25, 0.3) is 5.91 Å². The Kier molecular flexibility index (Phi) is 7.13. The lowest BCUT2D eigenvalue weighted by molar-refractivity contribution is -0.148. The van der Waals surface area contributed by atoms with Gasteiger partial charge >= 0.3 is 0 Å². The Labute approximate surface area is 232 Å². The Morgan fingerprint density at radius 1 is 1.15 bits per heavy atom. The minimum absolute atomic E-state index is 0.00741. The highest BCUT2D eigenvalue weighted by Gasteiger charge is 2.64. The molecule has 1 aromatic rings. The molecule has 0 aromatic heterocycles. The average molecular weight is 556 g/mol. The van der Waals surface area contributed by atoms with Crippen LogP contribution in [0.5, 0.6) is 5.75 Å². The van der Waals surface area contributed by atoms with Crippen LogP contribution in [0, 0.1) is 11.8 Å². The number of aryl methyl sites for hydroxylation is 1. The summed E-state index contributed by atoms with van der Waals surface area (Å²) in [7, 11) is 3.16. The summed E-state index contributed by atoms with van der Waals surface area (Å²) < 4.78 is 0. The van der Waals surface area contributed by atoms with Crippen molar-refractivity contribution in [3.05, 3.63) is 51.5 Å². The fraction of sp³-hybridized carbons (Fsp3) is 0.517. The van der Waals surface area contributed by atoms with Crippen molar-refractivity contribution >= 4 is 23.4 Å². The van der Waals surface area contributed by atoms with Gasteiger partial charge in [-0.25, -0.2) is 0 Å². The van der Waals surface area contributed by atoms with E-state index in [1.165, 1.54) is 11.0 Å². The Morgan fingerprint density at radius 3 is 2.33 bits per heavy atom. The van der Waals surface area contributed by atoms with Crippen LogP contribution in [0.3, 0.4) is 0 Å². The minimum Gasteiger partial charge on any atom is -0.510 e. The van der Waals surface area contributed by atoms with E-state index in [1.807, 2.05) is 27.7 Å². The van der Waals surface area contributed by atoms with Crippen molar-refractivity contribution in [2.24, 2.45) is 17.6 Å². The number of aromatic hydroxyl groups is 1. The number of aliphatic hydroxyl groups is 3. The molecule has 1 aromatic carbocycles. The largest absolute Gasteiger partial charge is 0.510 e. The Morgan fingerprint density at radius 2 is 1.77 bits per heavy atom. The molecule has 4 rings (SSSR count). The molecule has 3 aliphatic rings. The number of Topliss-reactive ketones (excluding diaryl/α,β-unsaturated/α-hetero) is 2. The maximum atomic E-state index is 13.9. The van der Waals surface area contributed by atoms with E-state index in [1.54, 1.807) is 20.2 Å². The Bertz CT molecular complexity index is 1390. The van der Waals surface area contributed by atoms with Crippen molar-refractivity contribution < 1.29 is 39.6 Å². The van der Waals surface area contributed by atoms with Crippen LogP contribution in [0.4, 0.5) is 0 Å². The van der Waals surface area contributed by atoms with Crippen molar-refractivity contribution in [3.8, 4) is 5.75 Å². The number of phenols is 1. The molecule has 0 spiro atoms. The Hall–Kier alpha value is -3.70. The summed E-state index contributed by atoms with van der Waals surface area (Å²) in [5, 5.41) is 47.7. The molecule has 5 atom stereocenters. The van der Waals surface area contributed by atoms with Crippen LogP contribution in [-0.4, -0.2) is 80.0 Å². The lowest BCUT2D eigenvalue weighted by atomic mass is 9.56. The number of phenolic OH excluding ortho intramolecular Hbond substituents is 1. The highest BCUT2D eigenvalue weighted by Crippen LogP contribution is 2.55. The third-order valence-corrected chi connectivity index (χ3v) is 8.31. The van der Waals surface area contributed by atoms with Crippen LogP contribution < -0.4 is 11.1 Å². The molecule has 3 aliphatic carbocycles. The molecule has 11 heteroatoms. The van der Waals surface area contributed by atoms with Gasteiger partial charge in [-0.3, -0.25) is 24.1 Å². The molecule has 0 unspecified atom stereocenters. The molecular formula is C29H37N3O8. The fourth-order valence-corrected chi connectivity index (χ4v) is 6.66. The molecule has 0 bridgehead atoms. The summed E-state index contributed by atoms with van der Waals surface area (Å²) in [6.07, 6.45) is 0.423. The van der Waals surface area contributed by atoms with Crippen LogP contribution in [-0.2, 0) is 20.8 Å². The molecule has 0 saturated heterocycles. The van der Waals surface area contributed by atoms with Gasteiger partial charge in [0, 0.05) is 23.5 Å². The van der Waals surface area contributed by atoms with E-state index in [4.69, 9.17) is 5.73 Å². The number of nitrogens with one attached hydrogen (secondary N) is 1. The summed E-state index contributed by atoms with van der Waals surface area (Å²) in [5.41, 5.74) is 2.34. The van der Waals surface area contributed by atoms with Gasteiger partial charge in [0.1, 0.15) is 22.8 Å². The molecule has 0 fully saturated rings. The van der Waals surface area contributed by atoms with Crippen molar-refractivity contribution in [1.29, 1.82) is 0 Å². The average Bonchev–Trinajstić information content (AvgIpc) is 2.82. The van der Waals surface area contributed by atoms with E-state index in [0.29, 0.717) is 11.1 Å². The summed E-state index contributed by atoms with van der Waals surface area (Å²) in [6.45, 7) is 7.42. The number of amides is 2. The van der Waals surface area contributed by atoms with Crippen molar-refractivity contribution in [1.82, 2.24) is 10.2 Å². The molecule has 7 N–H and O–H groups in total. The number of primary amides is 1. The number of likely N-dealkylation sites (N-methyl/N-ethyl adjacent to an activating group) is 1. The summed E-state index contributed by atoms with van der Waals surface area (Å²) >= 11 is 0. The van der Waals surface area contributed by atoms with Crippen LogP contribution >= 0.6 is 0 Å². The summed E-state index contributed by atoms with van der Waals surface area (Å²) in [6, 6.07) is 1.94. The number of hydrogen-bond donors (Lipinski definition) is 6. The second-order valence-electron chi connectivity index (χ2n) is 12.3. The van der Waals surface area contributed by atoms with Gasteiger partial charge in [0.15, 0.2) is 11.4 Å². The topological polar surface area (TPSA) is 190 Å². The maximum absolute atomic E-state index is 13.9. The molecule has 0 saturated carbocycles. The van der Waals surface area contributed by atoms with Gasteiger partial charge in [0.2, 0.25) is 11.7 Å². The second kappa shape index (κ2) is 9.74. The third-order valence-electron chi connectivity index (χ3n) is 8.31. The fourth-order valence-electron chi connectivity index (χ4n) is 6.66. The highest BCUT2D eigenvalue weighted by molar-refractivity contribution is 6.24. The Balaban J connectivity index is 1.85. The standard InChI is InChI=1S/C29H37N3O8/c1-12-14-11-15-22(32(5)6)24(36)21(27(30)39)26(38)29(15,40)25(37)19(14)23(35)20-16(33)9-7-13(18(12)20)8-10-17(34)31-28(2,3)4/h7,9,12,14-15,22,33,36-37,40H,8,10-11H2,1-6H3,(H2,30,39)(H,31,34)/t12-,14+,15-,22+,29-/m0/s1. The van der Waals surface area contributed by atoms with Crippen molar-refractivity contribution in [3.63, 3.8) is 0 Å². The zero-order chi connectivity index (χ0) is 30.1. The highest BCUT2D eigenvalue weighted by atomic mass is 16.3. The smallest absolute Gasteiger partial charge is 0.255 e. The number of ketones is 2. The first kappa shape index (κ1) is 29.3. The van der Waals surface area contributed by atoms with E-state index >= 15 is 0 Å². The molecular weight excluding hydrogens is 518 g/mol. The normalized spacial score (nSPS) is 28.3. The van der Waals surface area contributed by atoms with E-state index in [0.717, 1.165) is 0 Å². The lowest BCUT2D eigenvalue weighted by Gasteiger charge is -2.51. The number of nitrogens with two attached hydrogens (primary N) is 1. The molecule has 11 nitrogen and oxygen atoms in total. The number of aliphatic hydroxyl groups excluding tert-OH is 2. The van der Waals surface area contributed by atoms with Crippen molar-refractivity contribution in [2.75, 3.05) is 14.1 Å². The quantitative estimate of drug-likeness (QED) is 0.293. The van der Waals surface area contributed by atoms with E-state index in [9.17, 15) is 39.6 Å². The molecule has 0 heterocycles. The molecule has 0 radical (unpaired) electrons. The minimum atomic E-state index is -2.69. The lowest BCUT2D eigenvalue weighted by Crippen LogP contribution is -2.64. The monoisotopic (exact) mass is 555 g/mol. The van der Waals surface area contributed by atoms with Crippen LogP contribution in [0.1, 0.15) is 67.9 Å². The number of allylic oxidation sites excluding steroid dienone is 1. The molecule has 40 heavy (non-hydrogen) atoms. The van der Waals surface area contributed by atoms with Crippen LogP contribution in [0.15, 0.2) is 34.8 Å². The molecule has 0 aliphatic heterocycles. The number of benzene rings is 1. The first-order valence-electron chi connectivity index (χ1n) is 13.2. The number of nitrogens with zero attached hydrogens (tertiary/aromatic N) is 1. The number of carbonyl (C=O) groups excluding carboxylic acids is 4. The third kappa shape index (κ3) is 4.37. The molecule has 216 valence electrons. The van der Waals surface area contributed by atoms with Crippen molar-refractivity contribution in [2.45, 2.75) is 70.1 Å². The zero-order valence-electron chi connectivity index (χ0n) is 23.5. The number of rotatable bonds is 5. The van der Waals surface area contributed by atoms with Gasteiger partial charge in [-0.1, -0.05) is 13.0 Å². The summed E-state index contributed by atoms with van der Waals surface area (Å²) in [5.74, 6) is -7.63. The summed E-state index contributed by atoms with van der Waals surface area (Å²) in [4.78, 5) is 53.4. The van der Waals surface area contributed by atoms with Gasteiger partial charge in [-0.15, -0.1) is 0 Å². The van der Waals surface area contributed by atoms with Gasteiger partial charge in [0.05, 0.1) is 11.6 Å². The number of fused-ring (bicyclic) bond motifs is 3. The van der Waals surface area contributed by atoms with Gasteiger partial charge < -0.3 is 31.5 Å². The van der Waals surface area contributed by atoms with E-state index in [-0.39, 0.29) is 42.1 Å². The van der Waals surface area contributed by atoms with Gasteiger partial charge in [-0.2, -0.15) is 0 Å². The predicted molar refractivity (Wildman–Crippen MR) is 145 cm³/mol. The molecule has 2 amide bonds. The number of carbonyl (C=O) groups is 4. The predicted octanol–water partition coefficient (Wildman–Crippen LogP) is 1.53. The zero-order valence-corrected chi connectivity index (χ0v) is 23.5. The van der Waals surface area contributed by atoms with Crippen LogP contribution in [0.25, 0.3) is 0 Å². The SMILES string of the molecule is C[C@@H]1c2c(CCC(=O)NC(C)(C)C)ccc(O)c2C(=O)C2=C(O)[C@]3(O)C(=O)C(C(N)=O)=C(O)[C@H](N(C)C)[C@@H]3C[C@@H]21. The van der Waals surface area contributed by atoms with E-state index < -0.39 is 69.5 Å².